The third-order valence-corrected chi connectivity index (χ3v) is 2.80. The summed E-state index contributed by atoms with van der Waals surface area (Å²) in [4.78, 5) is 17.7. The van der Waals surface area contributed by atoms with Crippen LogP contribution in [0.5, 0.6) is 11.5 Å². The minimum Gasteiger partial charge on any atom is -0.468 e. The van der Waals surface area contributed by atoms with Gasteiger partial charge in [0.15, 0.2) is 11.5 Å². The quantitative estimate of drug-likeness (QED) is 0.598. The van der Waals surface area contributed by atoms with Crippen LogP contribution in [0.4, 0.5) is 0 Å². The predicted molar refractivity (Wildman–Crippen MR) is 69.6 cm³/mol. The van der Waals surface area contributed by atoms with Crippen LogP contribution in [0.25, 0.3) is 0 Å². The van der Waals surface area contributed by atoms with Crippen LogP contribution in [0.3, 0.4) is 0 Å². The molecule has 0 saturated heterocycles. The molecule has 0 aromatic heterocycles. The highest BCUT2D eigenvalue weighted by Crippen LogP contribution is 2.32. The molecular weight excluding hydrogens is 248 g/mol. The summed E-state index contributed by atoms with van der Waals surface area (Å²) < 4.78 is 15.5. The molecule has 1 aliphatic rings. The van der Waals surface area contributed by atoms with Crippen LogP contribution in [0.1, 0.15) is 17.3 Å². The summed E-state index contributed by atoms with van der Waals surface area (Å²) in [6.07, 6.45) is 0. The second kappa shape index (κ2) is 5.60. The van der Waals surface area contributed by atoms with Crippen molar-refractivity contribution in [2.75, 3.05) is 27.5 Å². The lowest BCUT2D eigenvalue weighted by atomic mass is 10.2. The van der Waals surface area contributed by atoms with Crippen LogP contribution in [0, 0.1) is 0 Å². The predicted octanol–water partition coefficient (Wildman–Crippen LogP) is 1.51. The molecule has 6 nitrogen and oxygen atoms in total. The fourth-order valence-electron chi connectivity index (χ4n) is 1.60. The average Bonchev–Trinajstić information content (AvgIpc) is 2.90. The molecule has 0 spiro atoms. The zero-order valence-corrected chi connectivity index (χ0v) is 11.2. The summed E-state index contributed by atoms with van der Waals surface area (Å²) in [5, 5.41) is 0. The molecule has 0 bridgehead atoms. The van der Waals surface area contributed by atoms with Crippen molar-refractivity contribution in [3.8, 4) is 11.5 Å². The minimum absolute atomic E-state index is 0.179. The Bertz CT molecular complexity index is 513. The number of ether oxygens (including phenoxy) is 3. The molecule has 19 heavy (non-hydrogen) atoms. The molecule has 6 heteroatoms. The van der Waals surface area contributed by atoms with Gasteiger partial charge in [0.1, 0.15) is 0 Å². The average molecular weight is 264 g/mol. The summed E-state index contributed by atoms with van der Waals surface area (Å²) in [7, 11) is 3.28. The van der Waals surface area contributed by atoms with Crippen molar-refractivity contribution in [1.29, 1.82) is 0 Å². The number of methoxy groups -OCH3 is 1. The van der Waals surface area contributed by atoms with Crippen LogP contribution in [0.15, 0.2) is 23.2 Å². The van der Waals surface area contributed by atoms with Gasteiger partial charge in [0.05, 0.1) is 7.11 Å². The lowest BCUT2D eigenvalue weighted by Crippen LogP contribution is -2.28. The second-order valence-electron chi connectivity index (χ2n) is 3.99. The molecular formula is C13H16N2O4. The Morgan fingerprint density at radius 1 is 1.42 bits per heavy atom. The van der Waals surface area contributed by atoms with Gasteiger partial charge in [0, 0.05) is 19.2 Å². The summed E-state index contributed by atoms with van der Waals surface area (Å²) in [6, 6.07) is 5.25. The maximum Gasteiger partial charge on any atom is 0.294 e. The number of amidine groups is 1. The first-order chi connectivity index (χ1) is 9.15. The molecule has 0 atom stereocenters. The van der Waals surface area contributed by atoms with Crippen LogP contribution < -0.4 is 9.47 Å². The van der Waals surface area contributed by atoms with E-state index in [0.717, 1.165) is 0 Å². The lowest BCUT2D eigenvalue weighted by molar-refractivity contribution is 0.0996. The smallest absolute Gasteiger partial charge is 0.294 e. The number of nitrogens with zero attached hydrogens (tertiary/aromatic N) is 2. The van der Waals surface area contributed by atoms with Gasteiger partial charge in [-0.15, -0.1) is 0 Å². The van der Waals surface area contributed by atoms with Gasteiger partial charge >= 0.3 is 0 Å². The van der Waals surface area contributed by atoms with E-state index < -0.39 is 0 Å². The van der Waals surface area contributed by atoms with Gasteiger partial charge in [-0.2, -0.15) is 4.99 Å². The number of fused-ring (bicyclic) bond motifs is 1. The molecule has 0 radical (unpaired) electrons. The first-order valence-corrected chi connectivity index (χ1v) is 5.93. The molecule has 2 rings (SSSR count). The van der Waals surface area contributed by atoms with E-state index >= 15 is 0 Å². The molecule has 1 aromatic carbocycles. The van der Waals surface area contributed by atoms with Crippen LogP contribution >= 0.6 is 0 Å². The Morgan fingerprint density at radius 3 is 2.84 bits per heavy atom. The fourth-order valence-corrected chi connectivity index (χ4v) is 1.60. The Kier molecular flexibility index (Phi) is 3.89. The lowest BCUT2D eigenvalue weighted by Gasteiger charge is -2.16. The maximum absolute atomic E-state index is 12.0. The van der Waals surface area contributed by atoms with Gasteiger partial charge in [-0.3, -0.25) is 4.79 Å². The summed E-state index contributed by atoms with van der Waals surface area (Å²) >= 11 is 0. The number of rotatable bonds is 2. The van der Waals surface area contributed by atoms with Crippen molar-refractivity contribution < 1.29 is 19.0 Å². The van der Waals surface area contributed by atoms with Gasteiger partial charge in [-0.1, -0.05) is 0 Å². The molecule has 1 amide bonds. The monoisotopic (exact) mass is 264 g/mol. The zero-order valence-electron chi connectivity index (χ0n) is 11.2. The van der Waals surface area contributed by atoms with Gasteiger partial charge in [-0.05, 0) is 25.1 Å². The minimum atomic E-state index is -0.379. The highest BCUT2D eigenvalue weighted by atomic mass is 16.7. The third-order valence-electron chi connectivity index (χ3n) is 2.80. The summed E-state index contributed by atoms with van der Waals surface area (Å²) in [6.45, 7) is 2.82. The van der Waals surface area contributed by atoms with Crippen molar-refractivity contribution in [2.45, 2.75) is 6.92 Å². The van der Waals surface area contributed by atoms with Gasteiger partial charge in [-0.25, -0.2) is 0 Å². The largest absolute Gasteiger partial charge is 0.468 e. The van der Waals surface area contributed by atoms with Crippen LogP contribution in [-0.4, -0.2) is 44.3 Å². The SMILES string of the molecule is CCN(C)C(=NC(=O)c1ccc2c(c1)OCO2)OC. The highest BCUT2D eigenvalue weighted by molar-refractivity contribution is 6.01. The fraction of sp³-hybridized carbons (Fsp3) is 0.385. The summed E-state index contributed by atoms with van der Waals surface area (Å²) in [5.41, 5.74) is 0.434. The zero-order chi connectivity index (χ0) is 13.8. The highest BCUT2D eigenvalue weighted by Gasteiger charge is 2.17. The van der Waals surface area contributed by atoms with E-state index in [0.29, 0.717) is 23.6 Å². The van der Waals surface area contributed by atoms with E-state index in [4.69, 9.17) is 14.2 Å². The second-order valence-corrected chi connectivity index (χ2v) is 3.99. The molecule has 1 aliphatic heterocycles. The van der Waals surface area contributed by atoms with E-state index in [1.54, 1.807) is 30.1 Å². The molecule has 0 fully saturated rings. The number of hydrogen-bond acceptors (Lipinski definition) is 4. The van der Waals surface area contributed by atoms with Gasteiger partial charge in [0.2, 0.25) is 6.79 Å². The molecule has 0 saturated carbocycles. The van der Waals surface area contributed by atoms with Crippen molar-refractivity contribution in [1.82, 2.24) is 4.90 Å². The van der Waals surface area contributed by atoms with Crippen LogP contribution in [0.2, 0.25) is 0 Å². The molecule has 102 valence electrons. The van der Waals surface area contributed by atoms with Crippen molar-refractivity contribution >= 4 is 11.9 Å². The number of amides is 1. The summed E-state index contributed by atoms with van der Waals surface area (Å²) in [5.74, 6) is 0.817. The third kappa shape index (κ3) is 2.78. The molecule has 0 aliphatic carbocycles. The molecule has 0 N–H and O–H groups in total. The standard InChI is InChI=1S/C13H16N2O4/c1-4-15(2)13(17-3)14-12(16)9-5-6-10-11(7-9)19-8-18-10/h5-7H,4,8H2,1-3H3. The number of aliphatic imine (C=N–C) groups is 1. The number of carbonyl (C=O) groups is 1. The van der Waals surface area contributed by atoms with Crippen LogP contribution in [-0.2, 0) is 4.74 Å². The number of hydrogen-bond donors (Lipinski definition) is 0. The first kappa shape index (κ1) is 13.2. The molecule has 0 unspecified atom stereocenters. The first-order valence-electron chi connectivity index (χ1n) is 5.93. The van der Waals surface area contributed by atoms with E-state index in [9.17, 15) is 4.79 Å². The van der Waals surface area contributed by atoms with E-state index in [1.165, 1.54) is 7.11 Å². The Labute approximate surface area is 111 Å². The van der Waals surface area contributed by atoms with Gasteiger partial charge < -0.3 is 19.1 Å². The maximum atomic E-state index is 12.0. The van der Waals surface area contributed by atoms with Crippen molar-refractivity contribution in [3.05, 3.63) is 23.8 Å². The van der Waals surface area contributed by atoms with Gasteiger partial charge in [0.25, 0.3) is 11.9 Å². The van der Waals surface area contributed by atoms with E-state index in [2.05, 4.69) is 4.99 Å². The number of benzene rings is 1. The molecule has 1 heterocycles. The van der Waals surface area contributed by atoms with E-state index in [-0.39, 0.29) is 18.7 Å². The van der Waals surface area contributed by atoms with Crippen molar-refractivity contribution in [2.24, 2.45) is 4.99 Å². The normalized spacial score (nSPS) is 13.3. The molecule has 1 aromatic rings. The van der Waals surface area contributed by atoms with E-state index in [1.807, 2.05) is 6.92 Å². The Morgan fingerprint density at radius 2 is 2.16 bits per heavy atom. The number of carbonyl (C=O) groups excluding carboxylic acids is 1. The topological polar surface area (TPSA) is 60.4 Å². The van der Waals surface area contributed by atoms with Crippen molar-refractivity contribution in [3.63, 3.8) is 0 Å². The Hall–Kier alpha value is -2.24. The Balaban J connectivity index is 2.22.